The number of methoxy groups -OCH3 is 2. The molecule has 0 spiro atoms. The van der Waals surface area contributed by atoms with Gasteiger partial charge in [0.05, 0.1) is 24.8 Å². The van der Waals surface area contributed by atoms with E-state index in [9.17, 15) is 4.79 Å². The lowest BCUT2D eigenvalue weighted by atomic mass is 10.2. The highest BCUT2D eigenvalue weighted by molar-refractivity contribution is 8.04. The molecular weight excluding hydrogens is 298 g/mol. The summed E-state index contributed by atoms with van der Waals surface area (Å²) in [6.07, 6.45) is 1.85. The van der Waals surface area contributed by atoms with E-state index in [2.05, 4.69) is 5.32 Å². The molecule has 0 bridgehead atoms. The molecule has 1 aliphatic rings. The van der Waals surface area contributed by atoms with Gasteiger partial charge >= 0.3 is 0 Å². The van der Waals surface area contributed by atoms with Gasteiger partial charge in [0.2, 0.25) is 0 Å². The minimum absolute atomic E-state index is 0.0986. The van der Waals surface area contributed by atoms with Gasteiger partial charge in [-0.25, -0.2) is 0 Å². The number of hydrogen-bond acceptors (Lipinski definition) is 4. The number of carbonyl (C=O) groups excluding carboxylic acids is 1. The van der Waals surface area contributed by atoms with Crippen LogP contribution in [0.1, 0.15) is 5.56 Å². The van der Waals surface area contributed by atoms with Crippen LogP contribution in [0.5, 0.6) is 11.5 Å². The molecule has 3 rings (SSSR count). The van der Waals surface area contributed by atoms with E-state index in [4.69, 9.17) is 9.47 Å². The van der Waals surface area contributed by atoms with Crippen molar-refractivity contribution < 1.29 is 14.3 Å². The van der Waals surface area contributed by atoms with Gasteiger partial charge in [-0.15, -0.1) is 0 Å². The normalized spacial score (nSPS) is 15.2. The van der Waals surface area contributed by atoms with Gasteiger partial charge in [-0.1, -0.05) is 30.0 Å². The molecule has 0 unspecified atom stereocenters. The molecule has 2 aromatic rings. The molecule has 0 aliphatic carbocycles. The number of thioether (sulfide) groups is 1. The number of fused-ring (bicyclic) bond motifs is 1. The fraction of sp³-hybridized carbons (Fsp3) is 0.118. The maximum absolute atomic E-state index is 12.2. The number of nitrogens with one attached hydrogen (secondary N) is 1. The predicted molar refractivity (Wildman–Crippen MR) is 88.5 cm³/mol. The van der Waals surface area contributed by atoms with E-state index in [1.54, 1.807) is 14.2 Å². The fourth-order valence-corrected chi connectivity index (χ4v) is 3.15. The maximum atomic E-state index is 12.2. The quantitative estimate of drug-likeness (QED) is 0.876. The first-order valence-electron chi connectivity index (χ1n) is 6.73. The summed E-state index contributed by atoms with van der Waals surface area (Å²) in [5.74, 6) is 1.20. The fourth-order valence-electron chi connectivity index (χ4n) is 2.20. The molecule has 5 heteroatoms. The molecule has 0 saturated carbocycles. The summed E-state index contributed by atoms with van der Waals surface area (Å²) in [5.41, 5.74) is 1.73. The molecule has 0 aromatic heterocycles. The van der Waals surface area contributed by atoms with Crippen molar-refractivity contribution >= 4 is 29.4 Å². The standard InChI is InChI=1S/C17H15NO3S/c1-20-13-8-7-11(9-14(13)21-2)10-16-17(19)18-12-5-3-4-6-15(12)22-16/h3-10H,1-2H3,(H,18,19)/b16-10-. The third kappa shape index (κ3) is 2.80. The smallest absolute Gasteiger partial charge is 0.262 e. The molecule has 0 radical (unpaired) electrons. The SMILES string of the molecule is COc1ccc(/C=C2\Sc3ccccc3NC2=O)cc1OC. The van der Waals surface area contributed by atoms with E-state index >= 15 is 0 Å². The van der Waals surface area contributed by atoms with Crippen molar-refractivity contribution in [3.8, 4) is 11.5 Å². The molecule has 4 nitrogen and oxygen atoms in total. The number of amides is 1. The monoisotopic (exact) mass is 313 g/mol. The van der Waals surface area contributed by atoms with Crippen molar-refractivity contribution in [3.05, 3.63) is 52.9 Å². The van der Waals surface area contributed by atoms with Crippen molar-refractivity contribution in [1.82, 2.24) is 0 Å². The molecular formula is C17H15NO3S. The average Bonchev–Trinajstić information content (AvgIpc) is 2.55. The lowest BCUT2D eigenvalue weighted by Gasteiger charge is -2.18. The molecule has 22 heavy (non-hydrogen) atoms. The molecule has 1 N–H and O–H groups in total. The van der Waals surface area contributed by atoms with Gasteiger partial charge in [0, 0.05) is 4.90 Å². The first-order valence-corrected chi connectivity index (χ1v) is 7.55. The molecule has 1 aliphatic heterocycles. The number of anilines is 1. The Hall–Kier alpha value is -2.40. The van der Waals surface area contributed by atoms with Gasteiger partial charge in [0.15, 0.2) is 11.5 Å². The summed E-state index contributed by atoms with van der Waals surface area (Å²) in [5, 5.41) is 2.90. The summed E-state index contributed by atoms with van der Waals surface area (Å²) >= 11 is 1.46. The van der Waals surface area contributed by atoms with Crippen LogP contribution in [-0.2, 0) is 4.79 Å². The molecule has 112 valence electrons. The van der Waals surface area contributed by atoms with Crippen molar-refractivity contribution in [1.29, 1.82) is 0 Å². The maximum Gasteiger partial charge on any atom is 0.262 e. The van der Waals surface area contributed by atoms with Crippen LogP contribution < -0.4 is 14.8 Å². The van der Waals surface area contributed by atoms with Crippen LogP contribution in [0, 0.1) is 0 Å². The summed E-state index contributed by atoms with van der Waals surface area (Å²) in [6, 6.07) is 13.3. The first kappa shape index (κ1) is 14.5. The summed E-state index contributed by atoms with van der Waals surface area (Å²) < 4.78 is 10.5. The Morgan fingerprint density at radius 3 is 2.59 bits per heavy atom. The van der Waals surface area contributed by atoms with E-state index in [-0.39, 0.29) is 5.91 Å². The van der Waals surface area contributed by atoms with Crippen molar-refractivity contribution in [2.75, 3.05) is 19.5 Å². The molecule has 0 saturated heterocycles. The number of rotatable bonds is 3. The lowest BCUT2D eigenvalue weighted by molar-refractivity contribution is -0.112. The minimum Gasteiger partial charge on any atom is -0.493 e. The van der Waals surface area contributed by atoms with Gasteiger partial charge in [0.25, 0.3) is 5.91 Å². The zero-order valence-corrected chi connectivity index (χ0v) is 13.1. The van der Waals surface area contributed by atoms with E-state index in [1.807, 2.05) is 48.5 Å². The second kappa shape index (κ2) is 6.15. The van der Waals surface area contributed by atoms with Gasteiger partial charge in [0.1, 0.15) is 0 Å². The van der Waals surface area contributed by atoms with Crippen LogP contribution >= 0.6 is 11.8 Å². The topological polar surface area (TPSA) is 47.6 Å². The Morgan fingerprint density at radius 2 is 1.82 bits per heavy atom. The third-order valence-corrected chi connectivity index (χ3v) is 4.38. The van der Waals surface area contributed by atoms with E-state index < -0.39 is 0 Å². The molecule has 2 aromatic carbocycles. The highest BCUT2D eigenvalue weighted by Gasteiger charge is 2.20. The second-order valence-corrected chi connectivity index (χ2v) is 5.76. The molecule has 0 fully saturated rings. The number of hydrogen-bond donors (Lipinski definition) is 1. The number of ether oxygens (including phenoxy) is 2. The molecule has 0 atom stereocenters. The van der Waals surface area contributed by atoms with Crippen LogP contribution in [0.25, 0.3) is 6.08 Å². The Bertz CT molecular complexity index is 755. The van der Waals surface area contributed by atoms with Gasteiger partial charge < -0.3 is 14.8 Å². The minimum atomic E-state index is -0.0986. The van der Waals surface area contributed by atoms with Gasteiger partial charge in [-0.3, -0.25) is 4.79 Å². The highest BCUT2D eigenvalue weighted by atomic mass is 32.2. The Balaban J connectivity index is 1.94. The van der Waals surface area contributed by atoms with Crippen LogP contribution in [0.4, 0.5) is 5.69 Å². The number of benzene rings is 2. The van der Waals surface area contributed by atoms with Crippen LogP contribution in [-0.4, -0.2) is 20.1 Å². The van der Waals surface area contributed by atoms with E-state index in [0.717, 1.165) is 16.1 Å². The molecule has 1 heterocycles. The van der Waals surface area contributed by atoms with Crippen LogP contribution in [0.15, 0.2) is 52.3 Å². The largest absolute Gasteiger partial charge is 0.493 e. The van der Waals surface area contributed by atoms with Crippen molar-refractivity contribution in [3.63, 3.8) is 0 Å². The number of para-hydroxylation sites is 1. The van der Waals surface area contributed by atoms with Crippen LogP contribution in [0.3, 0.4) is 0 Å². The Morgan fingerprint density at radius 1 is 1.05 bits per heavy atom. The van der Waals surface area contributed by atoms with E-state index in [0.29, 0.717) is 16.4 Å². The Labute approximate surface area is 133 Å². The molecule has 1 amide bonds. The summed E-state index contributed by atoms with van der Waals surface area (Å²) in [6.45, 7) is 0. The van der Waals surface area contributed by atoms with Gasteiger partial charge in [-0.2, -0.15) is 0 Å². The van der Waals surface area contributed by atoms with E-state index in [1.165, 1.54) is 11.8 Å². The zero-order chi connectivity index (χ0) is 15.5. The average molecular weight is 313 g/mol. The summed E-state index contributed by atoms with van der Waals surface area (Å²) in [4.78, 5) is 13.9. The van der Waals surface area contributed by atoms with Crippen molar-refractivity contribution in [2.24, 2.45) is 0 Å². The Kier molecular flexibility index (Phi) is 4.06. The lowest BCUT2D eigenvalue weighted by Crippen LogP contribution is -2.17. The zero-order valence-electron chi connectivity index (χ0n) is 12.3. The third-order valence-electron chi connectivity index (χ3n) is 3.28. The number of carbonyl (C=O) groups is 1. The predicted octanol–water partition coefficient (Wildman–Crippen LogP) is 3.79. The van der Waals surface area contributed by atoms with Crippen LogP contribution in [0.2, 0.25) is 0 Å². The van der Waals surface area contributed by atoms with Gasteiger partial charge in [-0.05, 0) is 35.9 Å². The highest BCUT2D eigenvalue weighted by Crippen LogP contribution is 2.39. The first-order chi connectivity index (χ1) is 10.7. The van der Waals surface area contributed by atoms with Crippen molar-refractivity contribution in [2.45, 2.75) is 4.90 Å². The summed E-state index contributed by atoms with van der Waals surface area (Å²) in [7, 11) is 3.18. The second-order valence-electron chi connectivity index (χ2n) is 4.68.